The molecule has 0 radical (unpaired) electrons. The minimum atomic E-state index is -0.0278. The number of nitrogens with one attached hydrogen (secondary N) is 1. The zero-order valence-electron chi connectivity index (χ0n) is 9.60. The van der Waals surface area contributed by atoms with Crippen LogP contribution in [0.3, 0.4) is 0 Å². The van der Waals surface area contributed by atoms with Crippen molar-refractivity contribution in [2.45, 2.75) is 25.8 Å². The molecule has 0 aliphatic rings. The van der Waals surface area contributed by atoms with Crippen LogP contribution in [-0.4, -0.2) is 24.7 Å². The molecule has 1 aromatic rings. The zero-order chi connectivity index (χ0) is 11.5. The van der Waals surface area contributed by atoms with Crippen molar-refractivity contribution in [2.24, 2.45) is 0 Å². The highest BCUT2D eigenvalue weighted by Crippen LogP contribution is 2.27. The Morgan fingerprint density at radius 2 is 2.20 bits per heavy atom. The standard InChI is InChI=1S/C11H17ClN2O/c1-11(2,13-3)7-8-9(12)5-6-14-10(8)15-4/h5-6,13H,7H2,1-4H3. The fourth-order valence-corrected chi connectivity index (χ4v) is 1.52. The Hall–Kier alpha value is -0.800. The molecule has 1 aromatic heterocycles. The summed E-state index contributed by atoms with van der Waals surface area (Å²) in [6.45, 7) is 4.21. The summed E-state index contributed by atoms with van der Waals surface area (Å²) in [5.74, 6) is 0.603. The lowest BCUT2D eigenvalue weighted by atomic mass is 9.96. The molecule has 0 fully saturated rings. The van der Waals surface area contributed by atoms with Crippen LogP contribution in [0.15, 0.2) is 12.3 Å². The van der Waals surface area contributed by atoms with E-state index >= 15 is 0 Å². The number of methoxy groups -OCH3 is 1. The maximum Gasteiger partial charge on any atom is 0.217 e. The number of ether oxygens (including phenoxy) is 1. The molecule has 0 unspecified atom stereocenters. The molecule has 0 aliphatic carbocycles. The summed E-state index contributed by atoms with van der Waals surface area (Å²) in [5, 5.41) is 3.93. The lowest BCUT2D eigenvalue weighted by Crippen LogP contribution is -2.38. The summed E-state index contributed by atoms with van der Waals surface area (Å²) in [6.07, 6.45) is 2.43. The van der Waals surface area contributed by atoms with Crippen LogP contribution in [0.1, 0.15) is 19.4 Å². The second kappa shape index (κ2) is 4.81. The average molecular weight is 229 g/mol. The summed E-state index contributed by atoms with van der Waals surface area (Å²) < 4.78 is 5.19. The van der Waals surface area contributed by atoms with E-state index in [9.17, 15) is 0 Å². The van der Waals surface area contributed by atoms with Crippen molar-refractivity contribution in [1.82, 2.24) is 10.3 Å². The first-order valence-corrected chi connectivity index (χ1v) is 5.24. The summed E-state index contributed by atoms with van der Waals surface area (Å²) in [7, 11) is 3.53. The first-order valence-electron chi connectivity index (χ1n) is 4.86. The van der Waals surface area contributed by atoms with Crippen LogP contribution < -0.4 is 10.1 Å². The van der Waals surface area contributed by atoms with E-state index in [2.05, 4.69) is 24.1 Å². The van der Waals surface area contributed by atoms with Gasteiger partial charge in [-0.3, -0.25) is 0 Å². The average Bonchev–Trinajstić information content (AvgIpc) is 2.21. The number of halogens is 1. The third-order valence-electron chi connectivity index (χ3n) is 2.45. The van der Waals surface area contributed by atoms with Gasteiger partial charge in [-0.15, -0.1) is 0 Å². The first-order chi connectivity index (χ1) is 7.00. The van der Waals surface area contributed by atoms with Gasteiger partial charge >= 0.3 is 0 Å². The molecule has 0 saturated carbocycles. The van der Waals surface area contributed by atoms with Gasteiger partial charge in [0.05, 0.1) is 12.1 Å². The van der Waals surface area contributed by atoms with Crippen molar-refractivity contribution in [3.05, 3.63) is 22.8 Å². The number of hydrogen-bond acceptors (Lipinski definition) is 3. The second-order valence-corrected chi connectivity index (χ2v) is 4.50. The third kappa shape index (κ3) is 3.08. The number of aromatic nitrogens is 1. The van der Waals surface area contributed by atoms with E-state index in [0.29, 0.717) is 10.9 Å². The maximum atomic E-state index is 6.12. The highest BCUT2D eigenvalue weighted by Gasteiger charge is 2.20. The van der Waals surface area contributed by atoms with Gasteiger partial charge in [-0.25, -0.2) is 4.98 Å². The molecule has 3 nitrogen and oxygen atoms in total. The van der Waals surface area contributed by atoms with Gasteiger partial charge in [0.2, 0.25) is 5.88 Å². The quantitative estimate of drug-likeness (QED) is 0.859. The van der Waals surface area contributed by atoms with Crippen LogP contribution in [0.4, 0.5) is 0 Å². The van der Waals surface area contributed by atoms with E-state index in [1.54, 1.807) is 19.4 Å². The smallest absolute Gasteiger partial charge is 0.217 e. The highest BCUT2D eigenvalue weighted by atomic mass is 35.5. The largest absolute Gasteiger partial charge is 0.481 e. The van der Waals surface area contributed by atoms with Gasteiger partial charge in [0.25, 0.3) is 0 Å². The third-order valence-corrected chi connectivity index (χ3v) is 2.80. The Balaban J connectivity index is 3.02. The van der Waals surface area contributed by atoms with Gasteiger partial charge in [-0.2, -0.15) is 0 Å². The number of hydrogen-bond donors (Lipinski definition) is 1. The van der Waals surface area contributed by atoms with Gasteiger partial charge < -0.3 is 10.1 Å². The van der Waals surface area contributed by atoms with Gasteiger partial charge in [-0.05, 0) is 33.4 Å². The van der Waals surface area contributed by atoms with E-state index < -0.39 is 0 Å². The van der Waals surface area contributed by atoms with Crippen LogP contribution >= 0.6 is 11.6 Å². The van der Waals surface area contributed by atoms with Crippen molar-refractivity contribution in [1.29, 1.82) is 0 Å². The highest BCUT2D eigenvalue weighted by molar-refractivity contribution is 6.31. The molecule has 0 amide bonds. The Labute approximate surface area is 95.8 Å². The molecule has 0 atom stereocenters. The summed E-state index contributed by atoms with van der Waals surface area (Å²) in [5.41, 5.74) is 0.918. The minimum absolute atomic E-state index is 0.0278. The van der Waals surface area contributed by atoms with Gasteiger partial charge in [-0.1, -0.05) is 11.6 Å². The van der Waals surface area contributed by atoms with E-state index in [-0.39, 0.29) is 5.54 Å². The molecule has 1 N–H and O–H groups in total. The van der Waals surface area contributed by atoms with Crippen LogP contribution in [0.5, 0.6) is 5.88 Å². The molecule has 1 heterocycles. The number of pyridine rings is 1. The van der Waals surface area contributed by atoms with Crippen LogP contribution in [0.2, 0.25) is 5.02 Å². The molecular weight excluding hydrogens is 212 g/mol. The van der Waals surface area contributed by atoms with Crippen molar-refractivity contribution in [3.63, 3.8) is 0 Å². The van der Waals surface area contributed by atoms with Crippen LogP contribution in [0.25, 0.3) is 0 Å². The normalized spacial score (nSPS) is 11.5. The molecular formula is C11H17ClN2O. The van der Waals surface area contributed by atoms with Gasteiger partial charge in [0.15, 0.2) is 0 Å². The molecule has 0 spiro atoms. The van der Waals surface area contributed by atoms with Crippen LogP contribution in [-0.2, 0) is 6.42 Å². The Morgan fingerprint density at radius 3 is 2.73 bits per heavy atom. The number of nitrogens with zero attached hydrogens (tertiary/aromatic N) is 1. The summed E-state index contributed by atoms with van der Waals surface area (Å²) in [6, 6.07) is 1.78. The van der Waals surface area contributed by atoms with Crippen LogP contribution in [0, 0.1) is 0 Å². The first kappa shape index (κ1) is 12.3. The minimum Gasteiger partial charge on any atom is -0.481 e. The molecule has 1 rings (SSSR count). The summed E-state index contributed by atoms with van der Waals surface area (Å²) in [4.78, 5) is 4.14. The lowest BCUT2D eigenvalue weighted by Gasteiger charge is -2.25. The molecule has 0 saturated heterocycles. The van der Waals surface area contributed by atoms with E-state index in [1.165, 1.54) is 0 Å². The Bertz CT molecular complexity index is 339. The maximum absolute atomic E-state index is 6.12. The Morgan fingerprint density at radius 1 is 1.53 bits per heavy atom. The van der Waals surface area contributed by atoms with Crippen molar-refractivity contribution in [2.75, 3.05) is 14.2 Å². The van der Waals surface area contributed by atoms with Gasteiger partial charge in [0.1, 0.15) is 0 Å². The fourth-order valence-electron chi connectivity index (χ4n) is 1.32. The van der Waals surface area contributed by atoms with Crippen molar-refractivity contribution in [3.8, 4) is 5.88 Å². The molecule has 0 bridgehead atoms. The van der Waals surface area contributed by atoms with E-state index in [0.717, 1.165) is 12.0 Å². The van der Waals surface area contributed by atoms with Crippen molar-refractivity contribution >= 4 is 11.6 Å². The monoisotopic (exact) mass is 228 g/mol. The van der Waals surface area contributed by atoms with Crippen molar-refractivity contribution < 1.29 is 4.74 Å². The Kier molecular flexibility index (Phi) is 3.94. The number of likely N-dealkylation sites (N-methyl/N-ethyl adjacent to an activating group) is 1. The SMILES string of the molecule is CNC(C)(C)Cc1c(Cl)ccnc1OC. The molecule has 0 aromatic carbocycles. The predicted molar refractivity (Wildman–Crippen MR) is 62.6 cm³/mol. The number of rotatable bonds is 4. The zero-order valence-corrected chi connectivity index (χ0v) is 10.4. The topological polar surface area (TPSA) is 34.2 Å². The molecule has 15 heavy (non-hydrogen) atoms. The predicted octanol–water partition coefficient (Wildman–Crippen LogP) is 2.28. The van der Waals surface area contributed by atoms with E-state index in [1.807, 2.05) is 7.05 Å². The molecule has 0 aliphatic heterocycles. The van der Waals surface area contributed by atoms with Gasteiger partial charge in [0, 0.05) is 17.3 Å². The summed E-state index contributed by atoms with van der Waals surface area (Å²) >= 11 is 6.12. The lowest BCUT2D eigenvalue weighted by molar-refractivity contribution is 0.374. The molecule has 4 heteroatoms. The molecule has 84 valence electrons. The fraction of sp³-hybridized carbons (Fsp3) is 0.545. The second-order valence-electron chi connectivity index (χ2n) is 4.09. The van der Waals surface area contributed by atoms with E-state index in [4.69, 9.17) is 16.3 Å².